The zero-order valence-corrected chi connectivity index (χ0v) is 12.0. The van der Waals surface area contributed by atoms with Crippen LogP contribution in [0.3, 0.4) is 0 Å². The van der Waals surface area contributed by atoms with E-state index < -0.39 is 0 Å². The Kier molecular flexibility index (Phi) is 5.86. The minimum Gasteiger partial charge on any atom is -0.496 e. The van der Waals surface area contributed by atoms with Crippen molar-refractivity contribution in [2.75, 3.05) is 13.7 Å². The predicted molar refractivity (Wildman–Crippen MR) is 74.5 cm³/mol. The molecule has 0 amide bonds. The van der Waals surface area contributed by atoms with Gasteiger partial charge in [-0.1, -0.05) is 5.57 Å². The first-order valence-electron chi connectivity index (χ1n) is 6.22. The Hall–Kier alpha value is -1.52. The van der Waals surface area contributed by atoms with Crippen molar-refractivity contribution in [3.8, 4) is 11.5 Å². The van der Waals surface area contributed by atoms with Gasteiger partial charge in [-0.2, -0.15) is 0 Å². The first-order chi connectivity index (χ1) is 9.04. The maximum atomic E-state index is 9.48. The molecule has 0 aliphatic rings. The molecule has 1 aromatic rings. The van der Waals surface area contributed by atoms with Crippen LogP contribution in [0, 0.1) is 6.92 Å². The molecule has 0 radical (unpaired) electrons. The van der Waals surface area contributed by atoms with E-state index in [-0.39, 0.29) is 13.2 Å². The van der Waals surface area contributed by atoms with Crippen LogP contribution < -0.4 is 9.47 Å². The van der Waals surface area contributed by atoms with E-state index in [9.17, 15) is 10.2 Å². The van der Waals surface area contributed by atoms with Gasteiger partial charge in [-0.15, -0.1) is 0 Å². The second kappa shape index (κ2) is 7.16. The molecule has 1 aromatic carbocycles. The molecule has 19 heavy (non-hydrogen) atoms. The van der Waals surface area contributed by atoms with E-state index in [0.717, 1.165) is 11.1 Å². The fraction of sp³-hybridized carbons (Fsp3) is 0.467. The third kappa shape index (κ3) is 3.72. The molecule has 0 atom stereocenters. The minimum absolute atomic E-state index is 0.161. The van der Waals surface area contributed by atoms with Crippen LogP contribution in [-0.4, -0.2) is 23.9 Å². The van der Waals surface area contributed by atoms with Crippen LogP contribution in [0.15, 0.2) is 17.7 Å². The van der Waals surface area contributed by atoms with Gasteiger partial charge in [0.15, 0.2) is 0 Å². The summed E-state index contributed by atoms with van der Waals surface area (Å²) in [6, 6.07) is 1.73. The topological polar surface area (TPSA) is 58.9 Å². The van der Waals surface area contributed by atoms with Crippen LogP contribution in [0.1, 0.15) is 30.5 Å². The minimum atomic E-state index is -0.176. The number of aliphatic hydroxyl groups excluding tert-OH is 2. The maximum absolute atomic E-state index is 9.48. The Morgan fingerprint density at radius 2 is 1.95 bits per heavy atom. The lowest BCUT2D eigenvalue weighted by atomic mass is 10.0. The van der Waals surface area contributed by atoms with Crippen molar-refractivity contribution >= 4 is 0 Å². The van der Waals surface area contributed by atoms with E-state index in [1.165, 1.54) is 0 Å². The summed E-state index contributed by atoms with van der Waals surface area (Å²) in [5.74, 6) is 1.23. The van der Waals surface area contributed by atoms with E-state index in [1.807, 2.05) is 26.8 Å². The maximum Gasteiger partial charge on any atom is 0.132 e. The Balaban J connectivity index is 3.20. The number of aliphatic hydroxyl groups is 2. The average molecular weight is 266 g/mol. The SMILES string of the molecule is COc1cc(CO)c(CO)c(OCC=C(C)C)c1C. The van der Waals surface area contributed by atoms with Crippen molar-refractivity contribution in [2.45, 2.75) is 34.0 Å². The molecule has 0 saturated carbocycles. The van der Waals surface area contributed by atoms with Gasteiger partial charge in [0.05, 0.1) is 20.3 Å². The molecular weight excluding hydrogens is 244 g/mol. The van der Waals surface area contributed by atoms with Crippen molar-refractivity contribution < 1.29 is 19.7 Å². The summed E-state index contributed by atoms with van der Waals surface area (Å²) in [5.41, 5.74) is 3.22. The van der Waals surface area contributed by atoms with Crippen molar-refractivity contribution in [3.63, 3.8) is 0 Å². The van der Waals surface area contributed by atoms with Crippen LogP contribution >= 0.6 is 0 Å². The Morgan fingerprint density at radius 1 is 1.26 bits per heavy atom. The first kappa shape index (κ1) is 15.5. The third-order valence-electron chi connectivity index (χ3n) is 2.94. The summed E-state index contributed by atoms with van der Waals surface area (Å²) < 4.78 is 11.0. The monoisotopic (exact) mass is 266 g/mol. The molecular formula is C15H22O4. The quantitative estimate of drug-likeness (QED) is 0.776. The van der Waals surface area contributed by atoms with E-state index in [0.29, 0.717) is 29.2 Å². The molecule has 4 heteroatoms. The van der Waals surface area contributed by atoms with Crippen molar-refractivity contribution in [1.82, 2.24) is 0 Å². The summed E-state index contributed by atoms with van der Waals surface area (Å²) in [6.45, 7) is 5.95. The highest BCUT2D eigenvalue weighted by molar-refractivity contribution is 5.53. The zero-order valence-electron chi connectivity index (χ0n) is 12.0. The fourth-order valence-corrected chi connectivity index (χ4v) is 1.85. The third-order valence-corrected chi connectivity index (χ3v) is 2.94. The van der Waals surface area contributed by atoms with Gasteiger partial charge in [0.1, 0.15) is 18.1 Å². The Labute approximate surface area is 114 Å². The zero-order chi connectivity index (χ0) is 14.4. The highest BCUT2D eigenvalue weighted by atomic mass is 16.5. The molecule has 106 valence electrons. The summed E-state index contributed by atoms with van der Waals surface area (Å²) in [6.07, 6.45) is 1.96. The lowest BCUT2D eigenvalue weighted by Gasteiger charge is -2.18. The van der Waals surface area contributed by atoms with Crippen molar-refractivity contribution in [2.24, 2.45) is 0 Å². The molecule has 0 aliphatic heterocycles. The molecule has 4 nitrogen and oxygen atoms in total. The van der Waals surface area contributed by atoms with Crippen molar-refractivity contribution in [1.29, 1.82) is 0 Å². The summed E-state index contributed by atoms with van der Waals surface area (Å²) >= 11 is 0. The number of benzene rings is 1. The van der Waals surface area contributed by atoms with Crippen LogP contribution in [0.25, 0.3) is 0 Å². The molecule has 0 fully saturated rings. The first-order valence-corrected chi connectivity index (χ1v) is 6.22. The second-order valence-corrected chi connectivity index (χ2v) is 4.58. The number of methoxy groups -OCH3 is 1. The average Bonchev–Trinajstić information content (AvgIpc) is 2.39. The molecule has 0 saturated heterocycles. The van der Waals surface area contributed by atoms with Crippen LogP contribution in [0.4, 0.5) is 0 Å². The number of hydrogen-bond acceptors (Lipinski definition) is 4. The Bertz CT molecular complexity index is 460. The lowest BCUT2D eigenvalue weighted by Crippen LogP contribution is -2.06. The number of ether oxygens (including phenoxy) is 2. The van der Waals surface area contributed by atoms with E-state index >= 15 is 0 Å². The highest BCUT2D eigenvalue weighted by Crippen LogP contribution is 2.34. The Morgan fingerprint density at radius 3 is 2.42 bits per heavy atom. The number of allylic oxidation sites excluding steroid dienone is 1. The number of hydrogen-bond donors (Lipinski definition) is 2. The van der Waals surface area contributed by atoms with Crippen LogP contribution in [0.2, 0.25) is 0 Å². The summed E-state index contributed by atoms with van der Waals surface area (Å²) in [4.78, 5) is 0. The predicted octanol–water partition coefficient (Wildman–Crippen LogP) is 2.33. The van der Waals surface area contributed by atoms with E-state index in [1.54, 1.807) is 13.2 Å². The van der Waals surface area contributed by atoms with E-state index in [4.69, 9.17) is 9.47 Å². The van der Waals surface area contributed by atoms with Gasteiger partial charge >= 0.3 is 0 Å². The molecule has 0 bridgehead atoms. The molecule has 0 aromatic heterocycles. The van der Waals surface area contributed by atoms with Gasteiger partial charge in [0.2, 0.25) is 0 Å². The summed E-state index contributed by atoms with van der Waals surface area (Å²) in [5, 5.41) is 18.8. The molecule has 0 unspecified atom stereocenters. The number of rotatable bonds is 6. The van der Waals surface area contributed by atoms with Gasteiger partial charge in [-0.25, -0.2) is 0 Å². The largest absolute Gasteiger partial charge is 0.496 e. The standard InChI is InChI=1S/C15H22O4/c1-10(2)5-6-19-15-11(3)14(18-4)7-12(8-16)13(15)9-17/h5,7,16-17H,6,8-9H2,1-4H3. The van der Waals surface area contributed by atoms with Gasteiger partial charge in [-0.3, -0.25) is 0 Å². The molecule has 2 N–H and O–H groups in total. The fourth-order valence-electron chi connectivity index (χ4n) is 1.85. The van der Waals surface area contributed by atoms with Gasteiger partial charge in [0.25, 0.3) is 0 Å². The second-order valence-electron chi connectivity index (χ2n) is 4.58. The van der Waals surface area contributed by atoms with Gasteiger partial charge in [0, 0.05) is 11.1 Å². The van der Waals surface area contributed by atoms with Crippen molar-refractivity contribution in [3.05, 3.63) is 34.4 Å². The molecule has 0 aliphatic carbocycles. The molecule has 0 heterocycles. The highest BCUT2D eigenvalue weighted by Gasteiger charge is 2.16. The molecule has 0 spiro atoms. The van der Waals surface area contributed by atoms with Crippen LogP contribution in [-0.2, 0) is 13.2 Å². The van der Waals surface area contributed by atoms with Gasteiger partial charge in [-0.05, 0) is 38.5 Å². The molecule has 1 rings (SSSR count). The van der Waals surface area contributed by atoms with Crippen LogP contribution in [0.5, 0.6) is 11.5 Å². The summed E-state index contributed by atoms with van der Waals surface area (Å²) in [7, 11) is 1.57. The smallest absolute Gasteiger partial charge is 0.132 e. The normalized spacial score (nSPS) is 10.2. The van der Waals surface area contributed by atoms with Gasteiger partial charge < -0.3 is 19.7 Å². The lowest BCUT2D eigenvalue weighted by molar-refractivity contribution is 0.249. The van der Waals surface area contributed by atoms with E-state index in [2.05, 4.69) is 0 Å².